The molecule has 3 rings (SSSR count). The Balaban J connectivity index is 1.61. The molecule has 2 aliphatic rings. The average molecular weight is 233 g/mol. The van der Waals surface area contributed by atoms with E-state index >= 15 is 0 Å². The van der Waals surface area contributed by atoms with Crippen molar-refractivity contribution in [2.24, 2.45) is 17.8 Å². The minimum Gasteiger partial charge on any atom is -0.299 e. The fourth-order valence-electron chi connectivity index (χ4n) is 3.10. The van der Waals surface area contributed by atoms with Gasteiger partial charge in [0, 0.05) is 12.5 Å². The fraction of sp³-hybridized carbons (Fsp3) is 0.769. The maximum absolute atomic E-state index is 12.2. The van der Waals surface area contributed by atoms with Crippen molar-refractivity contribution in [3.8, 4) is 0 Å². The lowest BCUT2D eigenvalue weighted by Crippen LogP contribution is -2.18. The second-order valence-electron chi connectivity index (χ2n) is 5.47. The van der Waals surface area contributed by atoms with Crippen LogP contribution in [0.1, 0.15) is 38.4 Å². The van der Waals surface area contributed by atoms with Crippen LogP contribution in [0.3, 0.4) is 0 Å². The number of Topliss-reactive ketones (excluding diaryl/α,β-unsaturated/α-hetero) is 1. The van der Waals surface area contributed by atoms with E-state index in [0.29, 0.717) is 18.1 Å². The van der Waals surface area contributed by atoms with Gasteiger partial charge < -0.3 is 0 Å². The lowest BCUT2D eigenvalue weighted by Gasteiger charge is -2.10. The number of aromatic nitrogens is 3. The number of fused-ring (bicyclic) bond motifs is 1. The molecule has 2 aliphatic carbocycles. The van der Waals surface area contributed by atoms with Crippen molar-refractivity contribution in [1.82, 2.24) is 14.8 Å². The third-order valence-electron chi connectivity index (χ3n) is 4.16. The first-order valence-electron chi connectivity index (χ1n) is 6.67. The van der Waals surface area contributed by atoms with E-state index in [1.165, 1.54) is 6.42 Å². The Morgan fingerprint density at radius 3 is 2.88 bits per heavy atom. The Morgan fingerprint density at radius 1 is 1.41 bits per heavy atom. The zero-order valence-corrected chi connectivity index (χ0v) is 10.3. The molecule has 0 spiro atoms. The lowest BCUT2D eigenvalue weighted by molar-refractivity contribution is -0.122. The van der Waals surface area contributed by atoms with Crippen molar-refractivity contribution in [1.29, 1.82) is 0 Å². The van der Waals surface area contributed by atoms with Crippen LogP contribution in [-0.2, 0) is 17.8 Å². The highest BCUT2D eigenvalue weighted by atomic mass is 16.1. The standard InChI is InChI=1S/C13H19N3O/c1-2-3-16-13(14-8-15-16)7-12(17)11-5-9-4-10(9)6-11/h8-11H,2-7H2,1H3. The first-order chi connectivity index (χ1) is 8.28. The van der Waals surface area contributed by atoms with Crippen molar-refractivity contribution in [2.45, 2.75) is 45.6 Å². The summed E-state index contributed by atoms with van der Waals surface area (Å²) >= 11 is 0. The van der Waals surface area contributed by atoms with Gasteiger partial charge in [0.1, 0.15) is 17.9 Å². The Morgan fingerprint density at radius 2 is 2.18 bits per heavy atom. The van der Waals surface area contributed by atoms with Crippen LogP contribution < -0.4 is 0 Å². The number of hydrogen-bond donors (Lipinski definition) is 0. The van der Waals surface area contributed by atoms with E-state index in [4.69, 9.17) is 0 Å². The smallest absolute Gasteiger partial charge is 0.143 e. The quantitative estimate of drug-likeness (QED) is 0.779. The molecule has 92 valence electrons. The Bertz CT molecular complexity index is 416. The van der Waals surface area contributed by atoms with E-state index in [9.17, 15) is 4.79 Å². The summed E-state index contributed by atoms with van der Waals surface area (Å²) in [6.45, 7) is 2.97. The normalized spacial score (nSPS) is 30.3. The number of ketones is 1. The molecule has 4 heteroatoms. The molecule has 1 aromatic heterocycles. The highest BCUT2D eigenvalue weighted by Gasteiger charge is 2.47. The predicted molar refractivity (Wildman–Crippen MR) is 63.3 cm³/mol. The van der Waals surface area contributed by atoms with E-state index < -0.39 is 0 Å². The molecule has 17 heavy (non-hydrogen) atoms. The summed E-state index contributed by atoms with van der Waals surface area (Å²) in [6.07, 6.45) is 6.69. The van der Waals surface area contributed by atoms with Crippen LogP contribution in [0.5, 0.6) is 0 Å². The van der Waals surface area contributed by atoms with Gasteiger partial charge in [-0.2, -0.15) is 5.10 Å². The van der Waals surface area contributed by atoms with Crippen LogP contribution in [-0.4, -0.2) is 20.5 Å². The molecule has 0 amide bonds. The molecule has 1 heterocycles. The topological polar surface area (TPSA) is 47.8 Å². The monoisotopic (exact) mass is 233 g/mol. The van der Waals surface area contributed by atoms with E-state index in [2.05, 4.69) is 17.0 Å². The van der Waals surface area contributed by atoms with Crippen molar-refractivity contribution in [3.05, 3.63) is 12.2 Å². The first-order valence-corrected chi connectivity index (χ1v) is 6.67. The molecule has 0 radical (unpaired) electrons. The van der Waals surface area contributed by atoms with Crippen LogP contribution >= 0.6 is 0 Å². The first kappa shape index (κ1) is 10.9. The number of carbonyl (C=O) groups is 1. The van der Waals surface area contributed by atoms with Gasteiger partial charge in [-0.1, -0.05) is 6.92 Å². The van der Waals surface area contributed by atoms with Crippen molar-refractivity contribution in [2.75, 3.05) is 0 Å². The number of carbonyl (C=O) groups excluding carboxylic acids is 1. The summed E-state index contributed by atoms with van der Waals surface area (Å²) in [5.74, 6) is 3.28. The molecule has 0 saturated heterocycles. The molecule has 2 saturated carbocycles. The van der Waals surface area contributed by atoms with Gasteiger partial charge in [0.15, 0.2) is 0 Å². The highest BCUT2D eigenvalue weighted by molar-refractivity contribution is 5.83. The highest BCUT2D eigenvalue weighted by Crippen LogP contribution is 2.54. The van der Waals surface area contributed by atoms with E-state index in [0.717, 1.165) is 43.5 Å². The van der Waals surface area contributed by atoms with Gasteiger partial charge in [0.25, 0.3) is 0 Å². The molecule has 2 atom stereocenters. The summed E-state index contributed by atoms with van der Waals surface area (Å²) in [6, 6.07) is 0. The summed E-state index contributed by atoms with van der Waals surface area (Å²) < 4.78 is 1.87. The van der Waals surface area contributed by atoms with Gasteiger partial charge in [0.05, 0.1) is 6.42 Å². The molecule has 0 aliphatic heterocycles. The molecule has 0 bridgehead atoms. The Hall–Kier alpha value is -1.19. The zero-order valence-electron chi connectivity index (χ0n) is 10.3. The summed E-state index contributed by atoms with van der Waals surface area (Å²) in [4.78, 5) is 16.4. The van der Waals surface area contributed by atoms with Crippen LogP contribution in [0.25, 0.3) is 0 Å². The van der Waals surface area contributed by atoms with Crippen molar-refractivity contribution < 1.29 is 4.79 Å². The van der Waals surface area contributed by atoms with Crippen LogP contribution in [0.2, 0.25) is 0 Å². The second kappa shape index (κ2) is 4.24. The maximum atomic E-state index is 12.2. The van der Waals surface area contributed by atoms with Gasteiger partial charge in [-0.3, -0.25) is 4.79 Å². The molecule has 2 unspecified atom stereocenters. The molecule has 0 aromatic carbocycles. The van der Waals surface area contributed by atoms with Gasteiger partial charge in [-0.25, -0.2) is 9.67 Å². The average Bonchev–Trinajstić information content (AvgIpc) is 2.75. The van der Waals surface area contributed by atoms with E-state index in [-0.39, 0.29) is 0 Å². The summed E-state index contributed by atoms with van der Waals surface area (Å²) in [5.41, 5.74) is 0. The third kappa shape index (κ3) is 2.13. The largest absolute Gasteiger partial charge is 0.299 e. The molecule has 0 N–H and O–H groups in total. The number of rotatable bonds is 5. The molecular formula is C13H19N3O. The number of aryl methyl sites for hydroxylation is 1. The second-order valence-corrected chi connectivity index (χ2v) is 5.47. The SMILES string of the molecule is CCCn1ncnc1CC(=O)C1CC2CC2C1. The van der Waals surface area contributed by atoms with Crippen molar-refractivity contribution >= 4 is 5.78 Å². The summed E-state index contributed by atoms with van der Waals surface area (Å²) in [7, 11) is 0. The third-order valence-corrected chi connectivity index (χ3v) is 4.16. The van der Waals surface area contributed by atoms with E-state index in [1.807, 2.05) is 4.68 Å². The zero-order chi connectivity index (χ0) is 11.8. The minimum absolute atomic E-state index is 0.311. The fourth-order valence-corrected chi connectivity index (χ4v) is 3.10. The van der Waals surface area contributed by atoms with Gasteiger partial charge in [-0.15, -0.1) is 0 Å². The van der Waals surface area contributed by atoms with E-state index in [1.54, 1.807) is 6.33 Å². The van der Waals surface area contributed by atoms with Crippen LogP contribution in [0, 0.1) is 17.8 Å². The summed E-state index contributed by atoms with van der Waals surface area (Å²) in [5, 5.41) is 4.16. The van der Waals surface area contributed by atoms with Crippen LogP contribution in [0.15, 0.2) is 6.33 Å². The van der Waals surface area contributed by atoms with Gasteiger partial charge >= 0.3 is 0 Å². The maximum Gasteiger partial charge on any atom is 0.143 e. The number of nitrogens with zero attached hydrogens (tertiary/aromatic N) is 3. The van der Waals surface area contributed by atoms with Gasteiger partial charge in [-0.05, 0) is 37.5 Å². The Kier molecular flexibility index (Phi) is 2.73. The molecule has 2 fully saturated rings. The molecule has 4 nitrogen and oxygen atoms in total. The Labute approximate surface area is 101 Å². The lowest BCUT2D eigenvalue weighted by atomic mass is 9.96. The van der Waals surface area contributed by atoms with Gasteiger partial charge in [0.2, 0.25) is 0 Å². The van der Waals surface area contributed by atoms with Crippen molar-refractivity contribution in [3.63, 3.8) is 0 Å². The molecule has 1 aromatic rings. The predicted octanol–water partition coefficient (Wildman–Crippen LogP) is 1.85. The molecular weight excluding hydrogens is 214 g/mol. The minimum atomic E-state index is 0.311. The number of hydrogen-bond acceptors (Lipinski definition) is 3. The van der Waals surface area contributed by atoms with Crippen LogP contribution in [0.4, 0.5) is 0 Å².